The Morgan fingerprint density at radius 2 is 1.81 bits per heavy atom. The summed E-state index contributed by atoms with van der Waals surface area (Å²) >= 11 is 0. The number of hydrazone groups is 1. The number of amides is 3. The van der Waals surface area contributed by atoms with Crippen LogP contribution in [0.15, 0.2) is 53.6 Å². The van der Waals surface area contributed by atoms with Crippen molar-refractivity contribution in [1.29, 1.82) is 0 Å². The SMILES string of the molecule is CCOc1cc(C=NNC(=O)C(=O)NC2CC2)ccc1OCC(=O)NCc1ccccc1. The Bertz CT molecular complexity index is 974. The molecule has 0 saturated heterocycles. The molecule has 0 aliphatic heterocycles. The molecule has 2 aromatic rings. The van der Waals surface area contributed by atoms with E-state index in [0.717, 1.165) is 18.4 Å². The number of nitrogens with zero attached hydrogens (tertiary/aromatic N) is 1. The van der Waals surface area contributed by atoms with E-state index in [0.29, 0.717) is 30.2 Å². The number of ether oxygens (including phenoxy) is 2. The molecular formula is C23H26N4O5. The maximum Gasteiger partial charge on any atom is 0.329 e. The van der Waals surface area contributed by atoms with Crippen molar-refractivity contribution in [3.05, 3.63) is 59.7 Å². The van der Waals surface area contributed by atoms with Crippen LogP contribution in [0, 0.1) is 0 Å². The molecule has 1 aliphatic rings. The van der Waals surface area contributed by atoms with Gasteiger partial charge in [-0.05, 0) is 49.1 Å². The standard InChI is InChI=1S/C23H26N4O5/c1-2-31-20-12-17(14-25-27-23(30)22(29)26-18-9-10-18)8-11-19(20)32-15-21(28)24-13-16-6-4-3-5-7-16/h3-8,11-12,14,18H,2,9-10,13,15H2,1H3,(H,24,28)(H,26,29)(H,27,30). The topological polar surface area (TPSA) is 118 Å². The van der Waals surface area contributed by atoms with Gasteiger partial charge >= 0.3 is 11.8 Å². The minimum absolute atomic E-state index is 0.0962. The molecule has 1 fully saturated rings. The average Bonchev–Trinajstić information content (AvgIpc) is 3.62. The van der Waals surface area contributed by atoms with Gasteiger partial charge < -0.3 is 20.1 Å². The van der Waals surface area contributed by atoms with Gasteiger partial charge in [0.2, 0.25) is 0 Å². The molecule has 0 heterocycles. The van der Waals surface area contributed by atoms with Gasteiger partial charge in [-0.2, -0.15) is 5.10 Å². The Kier molecular flexibility index (Phi) is 8.19. The van der Waals surface area contributed by atoms with Crippen LogP contribution in [0.3, 0.4) is 0 Å². The Hall–Kier alpha value is -3.88. The number of nitrogens with one attached hydrogen (secondary N) is 3. The fraction of sp³-hybridized carbons (Fsp3) is 0.304. The molecule has 1 aliphatic carbocycles. The molecular weight excluding hydrogens is 412 g/mol. The lowest BCUT2D eigenvalue weighted by Crippen LogP contribution is -2.38. The highest BCUT2D eigenvalue weighted by atomic mass is 16.5. The smallest absolute Gasteiger partial charge is 0.329 e. The predicted octanol–water partition coefficient (Wildman–Crippen LogP) is 1.51. The van der Waals surface area contributed by atoms with Crippen LogP contribution in [0.4, 0.5) is 0 Å². The molecule has 0 atom stereocenters. The maximum absolute atomic E-state index is 12.1. The first kappa shape index (κ1) is 22.8. The van der Waals surface area contributed by atoms with Crippen LogP contribution in [0.1, 0.15) is 30.9 Å². The van der Waals surface area contributed by atoms with E-state index >= 15 is 0 Å². The molecule has 0 unspecified atom stereocenters. The quantitative estimate of drug-likeness (QED) is 0.295. The number of hydrogen-bond donors (Lipinski definition) is 3. The van der Waals surface area contributed by atoms with E-state index < -0.39 is 11.8 Å². The summed E-state index contributed by atoms with van der Waals surface area (Å²) in [5.41, 5.74) is 3.81. The van der Waals surface area contributed by atoms with Gasteiger partial charge in [-0.15, -0.1) is 0 Å². The summed E-state index contributed by atoms with van der Waals surface area (Å²) in [4.78, 5) is 35.4. The number of carbonyl (C=O) groups is 3. The largest absolute Gasteiger partial charge is 0.490 e. The van der Waals surface area contributed by atoms with Gasteiger partial charge in [0, 0.05) is 12.6 Å². The molecule has 9 nitrogen and oxygen atoms in total. The fourth-order valence-corrected chi connectivity index (χ4v) is 2.68. The van der Waals surface area contributed by atoms with E-state index in [4.69, 9.17) is 9.47 Å². The number of rotatable bonds is 10. The van der Waals surface area contributed by atoms with Crippen LogP contribution < -0.4 is 25.5 Å². The van der Waals surface area contributed by atoms with Crippen molar-refractivity contribution in [2.24, 2.45) is 5.10 Å². The van der Waals surface area contributed by atoms with Crippen molar-refractivity contribution in [2.75, 3.05) is 13.2 Å². The first-order valence-electron chi connectivity index (χ1n) is 10.4. The third-order valence-electron chi connectivity index (χ3n) is 4.46. The molecule has 0 radical (unpaired) electrons. The van der Waals surface area contributed by atoms with Crippen molar-refractivity contribution in [2.45, 2.75) is 32.4 Å². The van der Waals surface area contributed by atoms with Crippen LogP contribution in [-0.4, -0.2) is 43.2 Å². The van der Waals surface area contributed by atoms with Crippen LogP contribution in [-0.2, 0) is 20.9 Å². The van der Waals surface area contributed by atoms with Crippen LogP contribution in [0.5, 0.6) is 11.5 Å². The summed E-state index contributed by atoms with van der Waals surface area (Å²) in [6, 6.07) is 14.7. The third-order valence-corrected chi connectivity index (χ3v) is 4.46. The van der Waals surface area contributed by atoms with Crippen molar-refractivity contribution in [1.82, 2.24) is 16.1 Å². The predicted molar refractivity (Wildman–Crippen MR) is 118 cm³/mol. The van der Waals surface area contributed by atoms with Gasteiger partial charge in [0.25, 0.3) is 5.91 Å². The third kappa shape index (κ3) is 7.42. The summed E-state index contributed by atoms with van der Waals surface area (Å²) in [5.74, 6) is -0.931. The highest BCUT2D eigenvalue weighted by Gasteiger charge is 2.26. The van der Waals surface area contributed by atoms with E-state index in [1.54, 1.807) is 18.2 Å². The lowest BCUT2D eigenvalue weighted by Gasteiger charge is -2.12. The molecule has 0 aromatic heterocycles. The minimum Gasteiger partial charge on any atom is -0.490 e. The fourth-order valence-electron chi connectivity index (χ4n) is 2.68. The second-order valence-electron chi connectivity index (χ2n) is 7.14. The molecule has 168 valence electrons. The molecule has 0 bridgehead atoms. The monoisotopic (exact) mass is 438 g/mol. The number of benzene rings is 2. The highest BCUT2D eigenvalue weighted by molar-refractivity contribution is 6.35. The zero-order chi connectivity index (χ0) is 22.8. The summed E-state index contributed by atoms with van der Waals surface area (Å²) in [6.45, 7) is 2.48. The lowest BCUT2D eigenvalue weighted by molar-refractivity contribution is -0.139. The van der Waals surface area contributed by atoms with Crippen molar-refractivity contribution in [3.8, 4) is 11.5 Å². The second-order valence-corrected chi connectivity index (χ2v) is 7.14. The van der Waals surface area contributed by atoms with E-state index in [1.807, 2.05) is 37.3 Å². The summed E-state index contributed by atoms with van der Waals surface area (Å²) < 4.78 is 11.2. The van der Waals surface area contributed by atoms with Crippen LogP contribution >= 0.6 is 0 Å². The Labute approximate surface area is 186 Å². The number of carbonyl (C=O) groups excluding carboxylic acids is 3. The minimum atomic E-state index is -0.820. The molecule has 1 saturated carbocycles. The summed E-state index contributed by atoms with van der Waals surface area (Å²) in [6.07, 6.45) is 3.18. The molecule has 3 amide bonds. The van der Waals surface area contributed by atoms with E-state index in [9.17, 15) is 14.4 Å². The Morgan fingerprint density at radius 1 is 1.03 bits per heavy atom. The van der Waals surface area contributed by atoms with E-state index in [-0.39, 0.29) is 18.6 Å². The Balaban J connectivity index is 1.51. The van der Waals surface area contributed by atoms with Crippen LogP contribution in [0.25, 0.3) is 0 Å². The highest BCUT2D eigenvalue weighted by Crippen LogP contribution is 2.28. The second kappa shape index (κ2) is 11.5. The van der Waals surface area contributed by atoms with Crippen molar-refractivity contribution < 1.29 is 23.9 Å². The normalized spacial score (nSPS) is 12.8. The van der Waals surface area contributed by atoms with Gasteiger partial charge in [-0.3, -0.25) is 14.4 Å². The molecule has 9 heteroatoms. The lowest BCUT2D eigenvalue weighted by atomic mass is 10.2. The molecule has 3 rings (SSSR count). The van der Waals surface area contributed by atoms with Crippen molar-refractivity contribution in [3.63, 3.8) is 0 Å². The van der Waals surface area contributed by atoms with Gasteiger partial charge in [0.1, 0.15) is 0 Å². The zero-order valence-corrected chi connectivity index (χ0v) is 17.8. The molecule has 3 N–H and O–H groups in total. The molecule has 2 aromatic carbocycles. The van der Waals surface area contributed by atoms with Crippen LogP contribution in [0.2, 0.25) is 0 Å². The summed E-state index contributed by atoms with van der Waals surface area (Å²) in [5, 5.41) is 9.18. The number of hydrogen-bond acceptors (Lipinski definition) is 6. The van der Waals surface area contributed by atoms with Gasteiger partial charge in [0.15, 0.2) is 18.1 Å². The maximum atomic E-state index is 12.1. The molecule has 0 spiro atoms. The molecule has 32 heavy (non-hydrogen) atoms. The van der Waals surface area contributed by atoms with Crippen molar-refractivity contribution >= 4 is 23.9 Å². The van der Waals surface area contributed by atoms with E-state index in [2.05, 4.69) is 21.2 Å². The Morgan fingerprint density at radius 3 is 2.53 bits per heavy atom. The van der Waals surface area contributed by atoms with E-state index in [1.165, 1.54) is 6.21 Å². The first-order chi connectivity index (χ1) is 15.5. The average molecular weight is 438 g/mol. The summed E-state index contributed by atoms with van der Waals surface area (Å²) in [7, 11) is 0. The van der Waals surface area contributed by atoms with Gasteiger partial charge in [-0.25, -0.2) is 5.43 Å². The zero-order valence-electron chi connectivity index (χ0n) is 17.8. The van der Waals surface area contributed by atoms with Gasteiger partial charge in [0.05, 0.1) is 12.8 Å². The van der Waals surface area contributed by atoms with Gasteiger partial charge in [-0.1, -0.05) is 30.3 Å². The first-order valence-corrected chi connectivity index (χ1v) is 10.4.